The van der Waals surface area contributed by atoms with Gasteiger partial charge in [0.1, 0.15) is 5.60 Å². The van der Waals surface area contributed by atoms with Crippen molar-refractivity contribution >= 4 is 5.91 Å². The molecule has 0 aromatic carbocycles. The molecule has 1 amide bonds. The fourth-order valence-electron chi connectivity index (χ4n) is 1.62. The molecule has 1 saturated carbocycles. The Morgan fingerprint density at radius 3 is 2.40 bits per heavy atom. The van der Waals surface area contributed by atoms with Crippen LogP contribution in [0.4, 0.5) is 0 Å². The van der Waals surface area contributed by atoms with Crippen molar-refractivity contribution in [3.8, 4) is 0 Å². The van der Waals surface area contributed by atoms with Crippen LogP contribution in [0.15, 0.2) is 0 Å². The fraction of sp³-hybridized carbons (Fsp3) is 0.917. The molecule has 0 aliphatic heterocycles. The quantitative estimate of drug-likeness (QED) is 0.606. The summed E-state index contributed by atoms with van der Waals surface area (Å²) in [4.78, 5) is 11.3. The first kappa shape index (κ1) is 12.5. The van der Waals surface area contributed by atoms with Gasteiger partial charge in [0, 0.05) is 6.54 Å². The van der Waals surface area contributed by atoms with Crippen molar-refractivity contribution in [3.05, 3.63) is 0 Å². The average molecular weight is 213 g/mol. The Morgan fingerprint density at radius 2 is 1.80 bits per heavy atom. The smallest absolute Gasteiger partial charge is 0.251 e. The van der Waals surface area contributed by atoms with Gasteiger partial charge in [-0.25, -0.2) is 0 Å². The Morgan fingerprint density at radius 1 is 1.20 bits per heavy atom. The molecule has 0 aromatic rings. The van der Waals surface area contributed by atoms with Gasteiger partial charge in [0.05, 0.1) is 0 Å². The number of aliphatic hydroxyl groups is 1. The van der Waals surface area contributed by atoms with E-state index in [1.54, 1.807) is 0 Å². The van der Waals surface area contributed by atoms with Gasteiger partial charge in [-0.05, 0) is 19.3 Å². The topological polar surface area (TPSA) is 49.3 Å². The molecule has 0 bridgehead atoms. The summed E-state index contributed by atoms with van der Waals surface area (Å²) in [5.41, 5.74) is -0.998. The minimum Gasteiger partial charge on any atom is -0.380 e. The second-order valence-electron chi connectivity index (χ2n) is 4.56. The lowest BCUT2D eigenvalue weighted by atomic mass is 10.1. The standard InChI is InChI=1S/C12H23NO2/c1-2-3-4-5-6-7-10-13-11(14)12(15)8-9-12/h15H,2-10H2,1H3,(H,13,14). The summed E-state index contributed by atoms with van der Waals surface area (Å²) < 4.78 is 0. The molecule has 0 heterocycles. The molecule has 88 valence electrons. The van der Waals surface area contributed by atoms with Crippen LogP contribution in [-0.2, 0) is 4.79 Å². The molecule has 0 spiro atoms. The average Bonchev–Trinajstić information content (AvgIpc) is 2.96. The number of hydrogen-bond acceptors (Lipinski definition) is 2. The van der Waals surface area contributed by atoms with Crippen LogP contribution in [0.1, 0.15) is 58.3 Å². The van der Waals surface area contributed by atoms with Gasteiger partial charge in [0.2, 0.25) is 0 Å². The first-order valence-corrected chi connectivity index (χ1v) is 6.20. The number of carbonyl (C=O) groups is 1. The number of unbranched alkanes of at least 4 members (excludes halogenated alkanes) is 5. The van der Waals surface area contributed by atoms with Crippen LogP contribution in [-0.4, -0.2) is 23.2 Å². The highest BCUT2D eigenvalue weighted by molar-refractivity contribution is 5.87. The van der Waals surface area contributed by atoms with Crippen molar-refractivity contribution in [2.45, 2.75) is 63.9 Å². The van der Waals surface area contributed by atoms with Crippen LogP contribution in [0, 0.1) is 0 Å². The normalized spacial score (nSPS) is 17.5. The Bertz CT molecular complexity index is 200. The largest absolute Gasteiger partial charge is 0.380 e. The van der Waals surface area contributed by atoms with E-state index in [2.05, 4.69) is 12.2 Å². The Kier molecular flexibility index (Phi) is 5.09. The number of hydrogen-bond donors (Lipinski definition) is 2. The first-order valence-electron chi connectivity index (χ1n) is 6.20. The zero-order valence-corrected chi connectivity index (χ0v) is 9.72. The molecule has 0 saturated heterocycles. The van der Waals surface area contributed by atoms with Crippen LogP contribution >= 0.6 is 0 Å². The number of rotatable bonds is 8. The molecule has 3 heteroatoms. The molecule has 0 aromatic heterocycles. The minimum absolute atomic E-state index is 0.170. The van der Waals surface area contributed by atoms with Crippen molar-refractivity contribution in [1.82, 2.24) is 5.32 Å². The summed E-state index contributed by atoms with van der Waals surface area (Å²) in [5.74, 6) is -0.170. The van der Waals surface area contributed by atoms with Gasteiger partial charge < -0.3 is 10.4 Å². The maximum absolute atomic E-state index is 11.3. The van der Waals surface area contributed by atoms with E-state index < -0.39 is 5.60 Å². The lowest BCUT2D eigenvalue weighted by molar-refractivity contribution is -0.131. The molecule has 0 atom stereocenters. The van der Waals surface area contributed by atoms with E-state index in [9.17, 15) is 9.90 Å². The van der Waals surface area contributed by atoms with Gasteiger partial charge in [-0.3, -0.25) is 4.79 Å². The first-order chi connectivity index (χ1) is 7.19. The molecule has 3 nitrogen and oxygen atoms in total. The molecular weight excluding hydrogens is 190 g/mol. The summed E-state index contributed by atoms with van der Waals surface area (Å²) in [6, 6.07) is 0. The Labute approximate surface area is 92.3 Å². The van der Waals surface area contributed by atoms with Gasteiger partial charge in [0.15, 0.2) is 0 Å². The maximum Gasteiger partial charge on any atom is 0.251 e. The monoisotopic (exact) mass is 213 g/mol. The molecular formula is C12H23NO2. The van der Waals surface area contributed by atoms with Gasteiger partial charge in [0.25, 0.3) is 5.91 Å². The van der Waals surface area contributed by atoms with Crippen LogP contribution in [0.3, 0.4) is 0 Å². The zero-order chi connectivity index (χ0) is 11.1. The fourth-order valence-corrected chi connectivity index (χ4v) is 1.62. The van der Waals surface area contributed by atoms with Crippen molar-refractivity contribution in [2.24, 2.45) is 0 Å². The van der Waals surface area contributed by atoms with E-state index in [-0.39, 0.29) is 5.91 Å². The SMILES string of the molecule is CCCCCCCCNC(=O)C1(O)CC1. The molecule has 1 rings (SSSR count). The number of carbonyl (C=O) groups excluding carboxylic acids is 1. The molecule has 2 N–H and O–H groups in total. The lowest BCUT2D eigenvalue weighted by Crippen LogP contribution is -2.36. The van der Waals surface area contributed by atoms with Crippen molar-refractivity contribution in [3.63, 3.8) is 0 Å². The van der Waals surface area contributed by atoms with Crippen LogP contribution in [0.25, 0.3) is 0 Å². The summed E-state index contributed by atoms with van der Waals surface area (Å²) in [7, 11) is 0. The Hall–Kier alpha value is -0.570. The molecule has 1 aliphatic carbocycles. The minimum atomic E-state index is -0.998. The molecule has 0 unspecified atom stereocenters. The van der Waals surface area contributed by atoms with Crippen molar-refractivity contribution < 1.29 is 9.90 Å². The van der Waals surface area contributed by atoms with Gasteiger partial charge in [-0.2, -0.15) is 0 Å². The third-order valence-electron chi connectivity index (χ3n) is 2.96. The maximum atomic E-state index is 11.3. The van der Waals surface area contributed by atoms with E-state index in [0.29, 0.717) is 19.4 Å². The zero-order valence-electron chi connectivity index (χ0n) is 9.72. The highest BCUT2D eigenvalue weighted by Gasteiger charge is 2.47. The number of amides is 1. The summed E-state index contributed by atoms with van der Waals surface area (Å²) in [5, 5.41) is 12.2. The number of nitrogens with one attached hydrogen (secondary N) is 1. The second-order valence-corrected chi connectivity index (χ2v) is 4.56. The van der Waals surface area contributed by atoms with Crippen LogP contribution in [0.5, 0.6) is 0 Å². The predicted octanol–water partition coefficient (Wildman–Crippen LogP) is 1.99. The Balaban J connectivity index is 1.86. The lowest BCUT2D eigenvalue weighted by Gasteiger charge is -2.08. The third kappa shape index (κ3) is 4.65. The van der Waals surface area contributed by atoms with E-state index in [4.69, 9.17) is 0 Å². The van der Waals surface area contributed by atoms with E-state index >= 15 is 0 Å². The van der Waals surface area contributed by atoms with E-state index in [1.165, 1.54) is 32.1 Å². The highest BCUT2D eigenvalue weighted by atomic mass is 16.3. The van der Waals surface area contributed by atoms with Crippen LogP contribution in [0.2, 0.25) is 0 Å². The molecule has 15 heavy (non-hydrogen) atoms. The predicted molar refractivity (Wildman–Crippen MR) is 60.6 cm³/mol. The third-order valence-corrected chi connectivity index (χ3v) is 2.96. The van der Waals surface area contributed by atoms with Gasteiger partial charge >= 0.3 is 0 Å². The molecule has 0 radical (unpaired) electrons. The summed E-state index contributed by atoms with van der Waals surface area (Å²) in [6.45, 7) is 2.92. The molecule has 1 aliphatic rings. The summed E-state index contributed by atoms with van der Waals surface area (Å²) >= 11 is 0. The van der Waals surface area contributed by atoms with E-state index in [0.717, 1.165) is 6.42 Å². The van der Waals surface area contributed by atoms with Crippen LogP contribution < -0.4 is 5.32 Å². The second kappa shape index (κ2) is 6.11. The van der Waals surface area contributed by atoms with E-state index in [1.807, 2.05) is 0 Å². The van der Waals surface area contributed by atoms with Crippen molar-refractivity contribution in [2.75, 3.05) is 6.54 Å². The summed E-state index contributed by atoms with van der Waals surface area (Å²) in [6.07, 6.45) is 8.62. The highest BCUT2D eigenvalue weighted by Crippen LogP contribution is 2.34. The van der Waals surface area contributed by atoms with Crippen molar-refractivity contribution in [1.29, 1.82) is 0 Å². The molecule has 1 fully saturated rings. The van der Waals surface area contributed by atoms with Gasteiger partial charge in [-0.15, -0.1) is 0 Å². The van der Waals surface area contributed by atoms with Gasteiger partial charge in [-0.1, -0.05) is 39.0 Å².